The maximum Gasteiger partial charge on any atom is 0.413 e. The summed E-state index contributed by atoms with van der Waals surface area (Å²) in [7, 11) is 1.58. The quantitative estimate of drug-likeness (QED) is 0.0668. The van der Waals surface area contributed by atoms with Crippen LogP contribution in [0, 0.1) is 18.3 Å². The molecule has 1 amide bonds. The number of imidazole rings is 1. The zero-order chi connectivity index (χ0) is 42.4. The summed E-state index contributed by atoms with van der Waals surface area (Å²) < 4.78 is 43.2. The smallest absolute Gasteiger partial charge is 0.413 e. The van der Waals surface area contributed by atoms with Gasteiger partial charge in [0.2, 0.25) is 5.67 Å². The van der Waals surface area contributed by atoms with Crippen molar-refractivity contribution < 1.29 is 43.1 Å². The van der Waals surface area contributed by atoms with Gasteiger partial charge >= 0.3 is 12.1 Å². The van der Waals surface area contributed by atoms with Crippen molar-refractivity contribution in [1.29, 1.82) is 0 Å². The number of carboxylic acid groups (broad SMARTS) is 1. The van der Waals surface area contributed by atoms with Crippen LogP contribution in [-0.4, -0.2) is 85.1 Å². The van der Waals surface area contributed by atoms with E-state index in [1.165, 1.54) is 17.2 Å². The van der Waals surface area contributed by atoms with Crippen LogP contribution in [0.4, 0.5) is 15.0 Å². The Morgan fingerprint density at radius 2 is 1.63 bits per heavy atom. The molecule has 13 nitrogen and oxygen atoms in total. The topological polar surface area (TPSA) is 167 Å². The molecule has 59 heavy (non-hydrogen) atoms. The highest BCUT2D eigenvalue weighted by atomic mass is 19.1. The molecule has 1 saturated heterocycles. The Morgan fingerprint density at radius 3 is 2.19 bits per heavy atom. The standard InChI is InChI=1S/C45H50FN5O8/c1-7-15-36(51-29-49-37-38(47-28-48-39(37)51)50-41(54)59-42(3,4)5)43(55,8-2)27-44(46,40(52)53)34-24-25-57-35(34)26-58-45(30-16-11-9-12-17-30,31-18-13-10-14-19-31)32-20-22-33(56-6)23-21-32/h2,9-14,16-23,28-29,34-36,55H,7,15,24-27H2,1,3-6H3,(H,52,53)(H,47,48,50,54)/t34?,35?,36-,43?,44?/m1/s1. The van der Waals surface area contributed by atoms with E-state index in [0.29, 0.717) is 12.2 Å². The van der Waals surface area contributed by atoms with E-state index in [9.17, 15) is 19.8 Å². The second-order valence-electron chi connectivity index (χ2n) is 15.6. The molecule has 5 aromatic rings. The molecule has 2 aromatic heterocycles. The maximum absolute atomic E-state index is 17.8. The number of fused-ring (bicyclic) bond motifs is 1. The molecule has 0 bridgehead atoms. The maximum atomic E-state index is 17.8. The zero-order valence-corrected chi connectivity index (χ0v) is 33.8. The second kappa shape index (κ2) is 17.5. The first kappa shape index (κ1) is 42.7. The average molecular weight is 808 g/mol. The molecular formula is C45H50FN5O8. The number of methoxy groups -OCH3 is 1. The summed E-state index contributed by atoms with van der Waals surface area (Å²) in [6.07, 6.45) is 6.44. The van der Waals surface area contributed by atoms with Crippen molar-refractivity contribution in [3.8, 4) is 18.1 Å². The number of rotatable bonds is 16. The number of benzene rings is 3. The highest BCUT2D eigenvalue weighted by molar-refractivity contribution is 5.93. The van der Waals surface area contributed by atoms with E-state index in [-0.39, 0.29) is 43.0 Å². The number of ether oxygens (including phenoxy) is 4. The van der Waals surface area contributed by atoms with Gasteiger partial charge in [-0.2, -0.15) is 0 Å². The number of nitrogens with one attached hydrogen (secondary N) is 1. The number of carbonyl (C=O) groups is 2. The summed E-state index contributed by atoms with van der Waals surface area (Å²) in [4.78, 5) is 38.8. The fourth-order valence-electron chi connectivity index (χ4n) is 7.94. The lowest BCUT2D eigenvalue weighted by Crippen LogP contribution is -2.54. The first-order chi connectivity index (χ1) is 28.2. The van der Waals surface area contributed by atoms with E-state index in [0.717, 1.165) is 16.7 Å². The van der Waals surface area contributed by atoms with Crippen molar-refractivity contribution in [3.05, 3.63) is 114 Å². The summed E-state index contributed by atoms with van der Waals surface area (Å²) >= 11 is 0. The van der Waals surface area contributed by atoms with Crippen LogP contribution >= 0.6 is 0 Å². The summed E-state index contributed by atoms with van der Waals surface area (Å²) in [5, 5.41) is 25.7. The Hall–Kier alpha value is -5.88. The number of aliphatic carboxylic acids is 1. The third-order valence-electron chi connectivity index (χ3n) is 10.7. The molecule has 1 aliphatic rings. The van der Waals surface area contributed by atoms with Gasteiger partial charge in [-0.05, 0) is 62.4 Å². The van der Waals surface area contributed by atoms with Gasteiger partial charge in [-0.15, -0.1) is 6.42 Å². The summed E-state index contributed by atoms with van der Waals surface area (Å²) in [5.74, 6) is -0.0435. The molecule has 4 unspecified atom stereocenters. The summed E-state index contributed by atoms with van der Waals surface area (Å²) in [6, 6.07) is 25.4. The van der Waals surface area contributed by atoms with E-state index < -0.39 is 59.0 Å². The number of carboxylic acids is 1. The summed E-state index contributed by atoms with van der Waals surface area (Å²) in [5.41, 5.74) is -4.86. The molecule has 1 fully saturated rings. The van der Waals surface area contributed by atoms with Crippen LogP contribution < -0.4 is 10.1 Å². The second-order valence-corrected chi connectivity index (χ2v) is 15.6. The van der Waals surface area contributed by atoms with Gasteiger partial charge in [0.15, 0.2) is 17.0 Å². The van der Waals surface area contributed by atoms with Crippen LogP contribution in [0.2, 0.25) is 0 Å². The Morgan fingerprint density at radius 1 is 1.00 bits per heavy atom. The fourth-order valence-corrected chi connectivity index (χ4v) is 7.94. The molecule has 1 aliphatic heterocycles. The predicted octanol–water partition coefficient (Wildman–Crippen LogP) is 7.48. The molecule has 6 rings (SSSR count). The van der Waals surface area contributed by atoms with E-state index in [4.69, 9.17) is 25.4 Å². The van der Waals surface area contributed by atoms with Gasteiger partial charge in [0.1, 0.15) is 28.9 Å². The van der Waals surface area contributed by atoms with Crippen LogP contribution in [0.3, 0.4) is 0 Å². The molecule has 0 radical (unpaired) electrons. The van der Waals surface area contributed by atoms with Crippen LogP contribution in [0.1, 0.15) is 76.1 Å². The van der Waals surface area contributed by atoms with Crippen molar-refractivity contribution >= 4 is 29.0 Å². The molecule has 0 saturated carbocycles. The minimum Gasteiger partial charge on any atom is -0.497 e. The molecule has 3 aromatic carbocycles. The molecule has 3 N–H and O–H groups in total. The van der Waals surface area contributed by atoms with Crippen LogP contribution in [-0.2, 0) is 24.6 Å². The number of anilines is 1. The SMILES string of the molecule is C#CC(O)(CC(F)(C(=O)O)C1CCOC1COC(c1ccccc1)(c1ccccc1)c1ccc(OC)cc1)[C@@H](CCC)n1cnc2c(NC(=O)OC(C)(C)C)ncnc21. The van der Waals surface area contributed by atoms with Crippen LogP contribution in [0.15, 0.2) is 97.6 Å². The number of carbonyl (C=O) groups excluding carboxylic acids is 1. The lowest BCUT2D eigenvalue weighted by molar-refractivity contribution is -0.166. The third kappa shape index (κ3) is 8.78. The number of terminal acetylenes is 1. The van der Waals surface area contributed by atoms with Crippen LogP contribution in [0.25, 0.3) is 11.2 Å². The van der Waals surface area contributed by atoms with Gasteiger partial charge in [0.25, 0.3) is 0 Å². The number of hydrogen-bond acceptors (Lipinski definition) is 10. The first-order valence-electron chi connectivity index (χ1n) is 19.5. The number of amides is 1. The molecule has 0 spiro atoms. The molecule has 5 atom stereocenters. The predicted molar refractivity (Wildman–Crippen MR) is 219 cm³/mol. The fraction of sp³-hybridized carbons (Fsp3) is 0.400. The van der Waals surface area contributed by atoms with E-state index in [1.807, 2.05) is 91.9 Å². The van der Waals surface area contributed by atoms with Crippen molar-refractivity contribution in [1.82, 2.24) is 19.5 Å². The van der Waals surface area contributed by atoms with Gasteiger partial charge < -0.3 is 33.7 Å². The highest BCUT2D eigenvalue weighted by Gasteiger charge is 2.58. The minimum atomic E-state index is -3.09. The number of halogens is 1. The van der Waals surface area contributed by atoms with E-state index in [2.05, 4.69) is 26.2 Å². The van der Waals surface area contributed by atoms with Gasteiger partial charge in [-0.1, -0.05) is 92.1 Å². The van der Waals surface area contributed by atoms with Gasteiger partial charge in [0, 0.05) is 18.9 Å². The molecule has 3 heterocycles. The number of hydrogen-bond donors (Lipinski definition) is 3. The number of nitrogens with zero attached hydrogens (tertiary/aromatic N) is 4. The van der Waals surface area contributed by atoms with Crippen molar-refractivity contribution in [2.45, 2.75) is 88.0 Å². The van der Waals surface area contributed by atoms with Gasteiger partial charge in [-0.25, -0.2) is 28.9 Å². The highest BCUT2D eigenvalue weighted by Crippen LogP contribution is 2.47. The van der Waals surface area contributed by atoms with Crippen molar-refractivity contribution in [3.63, 3.8) is 0 Å². The molecule has 14 heteroatoms. The van der Waals surface area contributed by atoms with E-state index >= 15 is 4.39 Å². The average Bonchev–Trinajstić information content (AvgIpc) is 3.89. The number of alkyl halides is 1. The number of aromatic nitrogens is 4. The third-order valence-corrected chi connectivity index (χ3v) is 10.7. The van der Waals surface area contributed by atoms with Crippen LogP contribution in [0.5, 0.6) is 5.75 Å². The monoisotopic (exact) mass is 807 g/mol. The Kier molecular flexibility index (Phi) is 12.7. The first-order valence-corrected chi connectivity index (χ1v) is 19.5. The van der Waals surface area contributed by atoms with Gasteiger partial charge in [0.05, 0.1) is 32.2 Å². The molecule has 310 valence electrons. The molecular weight excluding hydrogens is 758 g/mol. The molecule has 0 aliphatic carbocycles. The number of aliphatic hydroxyl groups is 1. The summed E-state index contributed by atoms with van der Waals surface area (Å²) in [6.45, 7) is 6.82. The van der Waals surface area contributed by atoms with E-state index in [1.54, 1.807) is 27.9 Å². The van der Waals surface area contributed by atoms with Gasteiger partial charge in [-0.3, -0.25) is 5.32 Å². The largest absolute Gasteiger partial charge is 0.497 e. The zero-order valence-electron chi connectivity index (χ0n) is 33.8. The Bertz CT molecular complexity index is 2220. The Balaban J connectivity index is 1.35. The van der Waals surface area contributed by atoms with Crippen molar-refractivity contribution in [2.75, 3.05) is 25.6 Å². The normalized spacial score (nSPS) is 18.3. The lowest BCUT2D eigenvalue weighted by Gasteiger charge is -2.41. The minimum absolute atomic E-state index is 0.0169. The lowest BCUT2D eigenvalue weighted by atomic mass is 9.73. The van der Waals surface area contributed by atoms with Crippen molar-refractivity contribution in [2.24, 2.45) is 5.92 Å². The Labute approximate surface area is 342 Å².